The first-order valence-electron chi connectivity index (χ1n) is 9.58. The van der Waals surface area contributed by atoms with E-state index in [2.05, 4.69) is 23.4 Å². The van der Waals surface area contributed by atoms with E-state index < -0.39 is 0 Å². The van der Waals surface area contributed by atoms with Gasteiger partial charge < -0.3 is 5.32 Å². The van der Waals surface area contributed by atoms with Crippen molar-refractivity contribution in [2.24, 2.45) is 5.92 Å². The van der Waals surface area contributed by atoms with Crippen molar-refractivity contribution in [1.29, 1.82) is 5.26 Å². The van der Waals surface area contributed by atoms with Crippen molar-refractivity contribution in [2.75, 3.05) is 18.9 Å². The molecule has 0 saturated carbocycles. The summed E-state index contributed by atoms with van der Waals surface area (Å²) in [7, 11) is 1.92. The molecule has 1 unspecified atom stereocenters. The van der Waals surface area contributed by atoms with Crippen LogP contribution in [-0.4, -0.2) is 34.2 Å². The third-order valence-electron chi connectivity index (χ3n) is 5.19. The van der Waals surface area contributed by atoms with E-state index in [1.54, 1.807) is 11.3 Å². The molecule has 2 aromatic heterocycles. The minimum absolute atomic E-state index is 0.0810. The molecule has 6 nitrogen and oxygen atoms in total. The summed E-state index contributed by atoms with van der Waals surface area (Å²) in [5.41, 5.74) is 2.91. The van der Waals surface area contributed by atoms with Gasteiger partial charge in [-0.1, -0.05) is 13.3 Å². The van der Waals surface area contributed by atoms with E-state index in [4.69, 9.17) is 0 Å². The number of aromatic nitrogens is 2. The van der Waals surface area contributed by atoms with E-state index in [1.807, 2.05) is 35.9 Å². The lowest BCUT2D eigenvalue weighted by molar-refractivity contribution is -0.117. The average molecular weight is 386 g/mol. The van der Waals surface area contributed by atoms with Crippen molar-refractivity contribution in [2.45, 2.75) is 52.6 Å². The van der Waals surface area contributed by atoms with Crippen molar-refractivity contribution >= 4 is 22.2 Å². The highest BCUT2D eigenvalue weighted by Gasteiger charge is 2.25. The molecular weight excluding hydrogens is 358 g/mol. The summed E-state index contributed by atoms with van der Waals surface area (Å²) in [5, 5.41) is 17.5. The molecule has 1 atom stereocenters. The van der Waals surface area contributed by atoms with Crippen LogP contribution in [-0.2, 0) is 30.7 Å². The van der Waals surface area contributed by atoms with E-state index in [9.17, 15) is 10.1 Å². The van der Waals surface area contributed by atoms with Crippen LogP contribution < -0.4 is 5.32 Å². The van der Waals surface area contributed by atoms with Gasteiger partial charge in [0.1, 0.15) is 11.1 Å². The maximum absolute atomic E-state index is 12.5. The maximum atomic E-state index is 12.5. The Kier molecular flexibility index (Phi) is 6.30. The van der Waals surface area contributed by atoms with Crippen LogP contribution in [0.4, 0.5) is 5.00 Å². The number of aryl methyl sites for hydroxylation is 1. The quantitative estimate of drug-likeness (QED) is 0.792. The maximum Gasteiger partial charge on any atom is 0.239 e. The number of fused-ring (bicyclic) bond motifs is 1. The number of hydrogen-bond acceptors (Lipinski definition) is 5. The molecule has 0 bridgehead atoms. The number of nitrogens with one attached hydrogen (secondary N) is 1. The van der Waals surface area contributed by atoms with E-state index >= 15 is 0 Å². The van der Waals surface area contributed by atoms with Gasteiger partial charge in [0.25, 0.3) is 0 Å². The third kappa shape index (κ3) is 4.57. The molecule has 2 aromatic rings. The minimum Gasteiger partial charge on any atom is -0.315 e. The molecule has 27 heavy (non-hydrogen) atoms. The van der Waals surface area contributed by atoms with Crippen molar-refractivity contribution in [3.8, 4) is 6.07 Å². The highest BCUT2D eigenvalue weighted by atomic mass is 32.1. The normalized spacial score (nSPS) is 16.2. The number of rotatable bonds is 7. The molecule has 0 spiro atoms. The Bertz CT molecular complexity index is 847. The molecule has 144 valence electrons. The summed E-state index contributed by atoms with van der Waals surface area (Å²) in [5.74, 6) is 0.615. The zero-order valence-corrected chi connectivity index (χ0v) is 17.1. The van der Waals surface area contributed by atoms with Crippen LogP contribution in [0.5, 0.6) is 0 Å². The van der Waals surface area contributed by atoms with E-state index in [0.29, 0.717) is 18.0 Å². The van der Waals surface area contributed by atoms with Crippen molar-refractivity contribution < 1.29 is 4.79 Å². The predicted octanol–water partition coefficient (Wildman–Crippen LogP) is 3.42. The van der Waals surface area contributed by atoms with Crippen molar-refractivity contribution in [3.63, 3.8) is 0 Å². The number of carbonyl (C=O) groups is 1. The van der Waals surface area contributed by atoms with Gasteiger partial charge in [0, 0.05) is 29.7 Å². The van der Waals surface area contributed by atoms with Crippen molar-refractivity contribution in [1.82, 2.24) is 14.7 Å². The Morgan fingerprint density at radius 1 is 1.52 bits per heavy atom. The highest BCUT2D eigenvalue weighted by Crippen LogP contribution is 2.39. The first-order chi connectivity index (χ1) is 13.0. The number of nitrogens with zero attached hydrogens (tertiary/aromatic N) is 4. The number of thiophene rings is 1. The molecule has 3 rings (SSSR count). The lowest BCUT2D eigenvalue weighted by Crippen LogP contribution is -2.29. The molecule has 0 radical (unpaired) electrons. The monoisotopic (exact) mass is 385 g/mol. The Hall–Kier alpha value is -2.17. The van der Waals surface area contributed by atoms with Crippen LogP contribution in [0.25, 0.3) is 0 Å². The smallest absolute Gasteiger partial charge is 0.239 e. The Morgan fingerprint density at radius 3 is 3.00 bits per heavy atom. The SMILES string of the molecule is CCC1CCc2c(sc(NC(=O)CN(C)Cc3cnn(CC)c3)c2C#N)C1. The summed E-state index contributed by atoms with van der Waals surface area (Å²) >= 11 is 1.59. The second-order valence-electron chi connectivity index (χ2n) is 7.26. The molecule has 0 fully saturated rings. The summed E-state index contributed by atoms with van der Waals surface area (Å²) in [4.78, 5) is 15.7. The second kappa shape index (κ2) is 8.68. The number of nitriles is 1. The number of anilines is 1. The Labute approximate surface area is 164 Å². The Morgan fingerprint density at radius 2 is 2.33 bits per heavy atom. The fourth-order valence-corrected chi connectivity index (χ4v) is 4.98. The topological polar surface area (TPSA) is 74.0 Å². The van der Waals surface area contributed by atoms with Gasteiger partial charge in [-0.05, 0) is 44.7 Å². The first-order valence-corrected chi connectivity index (χ1v) is 10.4. The third-order valence-corrected chi connectivity index (χ3v) is 6.36. The molecule has 2 heterocycles. The standard InChI is InChI=1S/C20H27N5OS/c1-4-14-6-7-16-17(9-21)20(27-18(16)8-14)23-19(26)13-24(3)11-15-10-22-25(5-2)12-15/h10,12,14H,4-8,11,13H2,1-3H3,(H,23,26). The summed E-state index contributed by atoms with van der Waals surface area (Å²) < 4.78 is 1.88. The van der Waals surface area contributed by atoms with Gasteiger partial charge in [0.05, 0.1) is 18.3 Å². The second-order valence-corrected chi connectivity index (χ2v) is 8.37. The molecule has 7 heteroatoms. The molecule has 1 amide bonds. The first kappa shape index (κ1) is 19.6. The van der Waals surface area contributed by atoms with Gasteiger partial charge in [0.15, 0.2) is 0 Å². The predicted molar refractivity (Wildman–Crippen MR) is 108 cm³/mol. The molecule has 0 aromatic carbocycles. The van der Waals surface area contributed by atoms with Crippen LogP contribution >= 0.6 is 11.3 Å². The summed E-state index contributed by atoms with van der Waals surface area (Å²) in [6.07, 6.45) is 8.12. The fourth-order valence-electron chi connectivity index (χ4n) is 3.65. The van der Waals surface area contributed by atoms with Gasteiger partial charge in [-0.3, -0.25) is 14.4 Å². The lowest BCUT2D eigenvalue weighted by atomic mass is 9.86. The number of carbonyl (C=O) groups excluding carboxylic acids is 1. The summed E-state index contributed by atoms with van der Waals surface area (Å²) in [6, 6.07) is 2.32. The number of amides is 1. The van der Waals surface area contributed by atoms with Crippen LogP contribution in [0.15, 0.2) is 12.4 Å². The van der Waals surface area contributed by atoms with Gasteiger partial charge in [0.2, 0.25) is 5.91 Å². The van der Waals surface area contributed by atoms with Crippen LogP contribution in [0.3, 0.4) is 0 Å². The van der Waals surface area contributed by atoms with Crippen LogP contribution in [0.2, 0.25) is 0 Å². The van der Waals surface area contributed by atoms with Crippen LogP contribution in [0, 0.1) is 17.2 Å². The number of hydrogen-bond donors (Lipinski definition) is 1. The van der Waals surface area contributed by atoms with Crippen LogP contribution in [0.1, 0.15) is 48.3 Å². The molecule has 1 aliphatic rings. The minimum atomic E-state index is -0.0810. The van der Waals surface area contributed by atoms with Gasteiger partial charge in [-0.2, -0.15) is 10.4 Å². The molecule has 1 N–H and O–H groups in total. The van der Waals surface area contributed by atoms with Gasteiger partial charge >= 0.3 is 0 Å². The fraction of sp³-hybridized carbons (Fsp3) is 0.550. The zero-order valence-electron chi connectivity index (χ0n) is 16.3. The van der Waals surface area contributed by atoms with E-state index in [-0.39, 0.29) is 12.5 Å². The van der Waals surface area contributed by atoms with Gasteiger partial charge in [-0.15, -0.1) is 11.3 Å². The largest absolute Gasteiger partial charge is 0.315 e. The number of likely N-dealkylation sites (N-methyl/N-ethyl adjacent to an activating group) is 1. The average Bonchev–Trinajstić information content (AvgIpc) is 3.23. The molecular formula is C20H27N5OS. The van der Waals surface area contributed by atoms with Gasteiger partial charge in [-0.25, -0.2) is 0 Å². The van der Waals surface area contributed by atoms with E-state index in [1.165, 1.54) is 11.3 Å². The Balaban J connectivity index is 1.62. The van der Waals surface area contributed by atoms with Crippen molar-refractivity contribution in [3.05, 3.63) is 34.0 Å². The van der Waals surface area contributed by atoms with E-state index in [0.717, 1.165) is 41.9 Å². The molecule has 0 saturated heterocycles. The summed E-state index contributed by atoms with van der Waals surface area (Å²) in [6.45, 7) is 6.05. The molecule has 1 aliphatic carbocycles. The zero-order chi connectivity index (χ0) is 19.4. The molecule has 0 aliphatic heterocycles. The highest BCUT2D eigenvalue weighted by molar-refractivity contribution is 7.16. The lowest BCUT2D eigenvalue weighted by Gasteiger charge is -2.20.